The molecule has 0 radical (unpaired) electrons. The summed E-state index contributed by atoms with van der Waals surface area (Å²) in [6, 6.07) is 5.89. The van der Waals surface area contributed by atoms with Crippen molar-refractivity contribution >= 4 is 11.0 Å². The number of benzene rings is 1. The lowest BCUT2D eigenvalue weighted by atomic mass is 9.95. The minimum Gasteiger partial charge on any atom is -0.423 e. The van der Waals surface area contributed by atoms with Gasteiger partial charge in [-0.3, -0.25) is 4.90 Å². The Balaban J connectivity index is 2.01. The molecule has 0 spiro atoms. The number of nitrogens with zero attached hydrogens (tertiary/aromatic N) is 2. The van der Waals surface area contributed by atoms with Crippen molar-refractivity contribution in [1.29, 1.82) is 0 Å². The predicted octanol–water partition coefficient (Wildman–Crippen LogP) is 2.97. The quantitative estimate of drug-likeness (QED) is 0.816. The molecule has 23 heavy (non-hydrogen) atoms. The Kier molecular flexibility index (Phi) is 4.55. The van der Waals surface area contributed by atoms with E-state index in [0.29, 0.717) is 11.5 Å². The molecule has 1 saturated heterocycles. The number of fused-ring (bicyclic) bond motifs is 1. The highest BCUT2D eigenvalue weighted by molar-refractivity contribution is 5.82. The van der Waals surface area contributed by atoms with Crippen LogP contribution in [0.15, 0.2) is 27.4 Å². The number of piperazine rings is 1. The Morgan fingerprint density at radius 3 is 2.48 bits per heavy atom. The summed E-state index contributed by atoms with van der Waals surface area (Å²) in [5.74, 6) is 0.461. The van der Waals surface area contributed by atoms with Gasteiger partial charge in [-0.25, -0.2) is 4.79 Å². The van der Waals surface area contributed by atoms with Crippen LogP contribution in [-0.4, -0.2) is 43.0 Å². The molecular formula is C19H26N2O2. The van der Waals surface area contributed by atoms with Crippen molar-refractivity contribution in [2.45, 2.75) is 33.2 Å². The van der Waals surface area contributed by atoms with E-state index in [9.17, 15) is 4.79 Å². The number of hydrogen-bond acceptors (Lipinski definition) is 4. The molecule has 3 rings (SSSR count). The maximum Gasteiger partial charge on any atom is 0.336 e. The van der Waals surface area contributed by atoms with E-state index in [2.05, 4.69) is 43.7 Å². The molecule has 1 aliphatic rings. The van der Waals surface area contributed by atoms with Gasteiger partial charge in [-0.2, -0.15) is 0 Å². The van der Waals surface area contributed by atoms with Crippen LogP contribution in [0.3, 0.4) is 0 Å². The zero-order chi connectivity index (χ0) is 16.6. The fourth-order valence-electron chi connectivity index (χ4n) is 3.39. The summed E-state index contributed by atoms with van der Waals surface area (Å²) in [6.07, 6.45) is 0. The van der Waals surface area contributed by atoms with E-state index in [1.54, 1.807) is 6.07 Å². The summed E-state index contributed by atoms with van der Waals surface area (Å²) in [6.45, 7) is 11.5. The third-order valence-corrected chi connectivity index (χ3v) is 4.83. The molecule has 4 heteroatoms. The van der Waals surface area contributed by atoms with Crippen molar-refractivity contribution in [2.75, 3.05) is 33.2 Å². The minimum absolute atomic E-state index is 0.252. The number of hydrogen-bond donors (Lipinski definition) is 0. The average Bonchev–Trinajstić information content (AvgIpc) is 2.48. The van der Waals surface area contributed by atoms with Gasteiger partial charge in [0.15, 0.2) is 0 Å². The summed E-state index contributed by atoms with van der Waals surface area (Å²) >= 11 is 0. The van der Waals surface area contributed by atoms with Crippen LogP contribution in [0.1, 0.15) is 36.5 Å². The van der Waals surface area contributed by atoms with E-state index in [0.717, 1.165) is 43.7 Å². The lowest BCUT2D eigenvalue weighted by Gasteiger charge is -2.32. The van der Waals surface area contributed by atoms with Gasteiger partial charge in [0.1, 0.15) is 5.58 Å². The lowest BCUT2D eigenvalue weighted by molar-refractivity contribution is 0.148. The summed E-state index contributed by atoms with van der Waals surface area (Å²) in [5.41, 5.74) is 4.06. The standard InChI is InChI=1S/C19H26N2O2/c1-13(2)16-11-17-15(12-21-7-5-20(4)6-8-21)10-19(22)23-18(17)9-14(16)3/h9-11,13H,5-8,12H2,1-4H3. The number of aryl methyl sites for hydroxylation is 1. The highest BCUT2D eigenvalue weighted by atomic mass is 16.4. The first-order valence-corrected chi connectivity index (χ1v) is 8.42. The molecule has 1 aromatic heterocycles. The summed E-state index contributed by atoms with van der Waals surface area (Å²) in [7, 11) is 2.15. The van der Waals surface area contributed by atoms with Crippen LogP contribution >= 0.6 is 0 Å². The maximum atomic E-state index is 11.9. The van der Waals surface area contributed by atoms with E-state index in [-0.39, 0.29) is 5.63 Å². The van der Waals surface area contributed by atoms with Crippen molar-refractivity contribution in [2.24, 2.45) is 0 Å². The Morgan fingerprint density at radius 2 is 1.83 bits per heavy atom. The molecule has 0 aliphatic carbocycles. The molecule has 1 fully saturated rings. The first-order valence-electron chi connectivity index (χ1n) is 8.42. The second kappa shape index (κ2) is 6.46. The maximum absolute atomic E-state index is 11.9. The normalized spacial score (nSPS) is 17.3. The van der Waals surface area contributed by atoms with E-state index in [4.69, 9.17) is 4.42 Å². The Bertz CT molecular complexity index is 756. The summed E-state index contributed by atoms with van der Waals surface area (Å²) in [5, 5.41) is 1.08. The molecule has 0 saturated carbocycles. The minimum atomic E-state index is -0.252. The van der Waals surface area contributed by atoms with E-state index >= 15 is 0 Å². The molecule has 4 nitrogen and oxygen atoms in total. The van der Waals surface area contributed by atoms with Crippen LogP contribution in [0.5, 0.6) is 0 Å². The van der Waals surface area contributed by atoms with Gasteiger partial charge in [-0.1, -0.05) is 13.8 Å². The van der Waals surface area contributed by atoms with Gasteiger partial charge in [0, 0.05) is 44.2 Å². The van der Waals surface area contributed by atoms with E-state index < -0.39 is 0 Å². The molecule has 2 aromatic rings. The SMILES string of the molecule is Cc1cc2oc(=O)cc(CN3CCN(C)CC3)c2cc1C(C)C. The number of rotatable bonds is 3. The molecule has 0 unspecified atom stereocenters. The number of likely N-dealkylation sites (N-methyl/N-ethyl adjacent to an activating group) is 1. The van der Waals surface area contributed by atoms with Crippen molar-refractivity contribution in [3.63, 3.8) is 0 Å². The summed E-state index contributed by atoms with van der Waals surface area (Å²) in [4.78, 5) is 16.7. The second-order valence-electron chi connectivity index (χ2n) is 7.03. The predicted molar refractivity (Wildman–Crippen MR) is 94.1 cm³/mol. The highest BCUT2D eigenvalue weighted by Crippen LogP contribution is 2.27. The van der Waals surface area contributed by atoms with Crippen molar-refractivity contribution < 1.29 is 4.42 Å². The molecular weight excluding hydrogens is 288 g/mol. The van der Waals surface area contributed by atoms with E-state index in [1.807, 2.05) is 6.07 Å². The van der Waals surface area contributed by atoms with Crippen LogP contribution in [0.2, 0.25) is 0 Å². The van der Waals surface area contributed by atoms with Crippen LogP contribution in [0.25, 0.3) is 11.0 Å². The van der Waals surface area contributed by atoms with Gasteiger partial charge in [0.25, 0.3) is 0 Å². The molecule has 2 heterocycles. The summed E-state index contributed by atoms with van der Waals surface area (Å²) < 4.78 is 5.44. The molecule has 0 atom stereocenters. The van der Waals surface area contributed by atoms with Gasteiger partial charge in [-0.15, -0.1) is 0 Å². The average molecular weight is 314 g/mol. The van der Waals surface area contributed by atoms with Crippen LogP contribution in [0.4, 0.5) is 0 Å². The van der Waals surface area contributed by atoms with Crippen molar-refractivity contribution in [3.05, 3.63) is 45.3 Å². The first kappa shape index (κ1) is 16.2. The van der Waals surface area contributed by atoms with Crippen LogP contribution in [0, 0.1) is 6.92 Å². The van der Waals surface area contributed by atoms with Crippen molar-refractivity contribution in [1.82, 2.24) is 9.80 Å². The van der Waals surface area contributed by atoms with Crippen LogP contribution in [-0.2, 0) is 6.54 Å². The molecule has 124 valence electrons. The fourth-order valence-corrected chi connectivity index (χ4v) is 3.39. The largest absolute Gasteiger partial charge is 0.423 e. The van der Waals surface area contributed by atoms with E-state index in [1.165, 1.54) is 11.1 Å². The van der Waals surface area contributed by atoms with Gasteiger partial charge in [-0.05, 0) is 48.7 Å². The second-order valence-corrected chi connectivity index (χ2v) is 7.03. The highest BCUT2D eigenvalue weighted by Gasteiger charge is 2.17. The molecule has 1 aromatic carbocycles. The van der Waals surface area contributed by atoms with Gasteiger partial charge in [0.05, 0.1) is 0 Å². The lowest BCUT2D eigenvalue weighted by Crippen LogP contribution is -2.43. The Morgan fingerprint density at radius 1 is 1.13 bits per heavy atom. The Labute approximate surface area is 137 Å². The zero-order valence-corrected chi connectivity index (χ0v) is 14.6. The molecule has 1 aliphatic heterocycles. The topological polar surface area (TPSA) is 36.7 Å². The third kappa shape index (κ3) is 3.48. The zero-order valence-electron chi connectivity index (χ0n) is 14.6. The van der Waals surface area contributed by atoms with Crippen molar-refractivity contribution in [3.8, 4) is 0 Å². The molecule has 0 bridgehead atoms. The molecule has 0 N–H and O–H groups in total. The van der Waals surface area contributed by atoms with Gasteiger partial charge >= 0.3 is 5.63 Å². The molecule has 0 amide bonds. The Hall–Kier alpha value is -1.65. The first-order chi connectivity index (χ1) is 10.9. The van der Waals surface area contributed by atoms with Gasteiger partial charge < -0.3 is 9.32 Å². The van der Waals surface area contributed by atoms with Gasteiger partial charge in [0.2, 0.25) is 0 Å². The monoisotopic (exact) mass is 314 g/mol. The fraction of sp³-hybridized carbons (Fsp3) is 0.526. The third-order valence-electron chi connectivity index (χ3n) is 4.83. The van der Waals surface area contributed by atoms with Crippen LogP contribution < -0.4 is 5.63 Å². The smallest absolute Gasteiger partial charge is 0.336 e.